The minimum absolute atomic E-state index is 0.0135. The van der Waals surface area contributed by atoms with Crippen molar-refractivity contribution in [2.75, 3.05) is 37.0 Å². The topological polar surface area (TPSA) is 84.9 Å². The molecule has 2 aromatic carbocycles. The summed E-state index contributed by atoms with van der Waals surface area (Å²) >= 11 is 0. The molecule has 0 spiro atoms. The lowest BCUT2D eigenvalue weighted by molar-refractivity contribution is -0.122. The number of rotatable bonds is 6. The fraction of sp³-hybridized carbons (Fsp3) is 0.350. The van der Waals surface area contributed by atoms with Crippen molar-refractivity contribution in [1.29, 1.82) is 0 Å². The number of nitrogens with one attached hydrogen (secondary N) is 1. The average Bonchev–Trinajstić information content (AvgIpc) is 2.67. The summed E-state index contributed by atoms with van der Waals surface area (Å²) in [7, 11) is -0.768. The molecule has 0 bridgehead atoms. The molecule has 0 atom stereocenters. The molecule has 3 rings (SSSR count). The molecule has 0 fully saturated rings. The first-order valence-corrected chi connectivity index (χ1v) is 10.4. The van der Waals surface area contributed by atoms with Crippen LogP contribution in [-0.2, 0) is 26.0 Å². The molecule has 7 nitrogen and oxygen atoms in total. The molecule has 1 aliphatic heterocycles. The number of fused-ring (bicyclic) bond motifs is 1. The number of benzene rings is 2. The van der Waals surface area contributed by atoms with Crippen LogP contribution in [0.4, 0.5) is 11.4 Å². The van der Waals surface area contributed by atoms with Gasteiger partial charge in [-0.15, -0.1) is 0 Å². The summed E-state index contributed by atoms with van der Waals surface area (Å²) in [4.78, 5) is 14.2. The predicted molar refractivity (Wildman–Crippen MR) is 108 cm³/mol. The zero-order valence-electron chi connectivity index (χ0n) is 16.2. The van der Waals surface area contributed by atoms with Gasteiger partial charge in [0.25, 0.3) is 15.9 Å². The van der Waals surface area contributed by atoms with Gasteiger partial charge in [-0.1, -0.05) is 6.07 Å². The number of anilines is 2. The van der Waals surface area contributed by atoms with E-state index in [4.69, 9.17) is 9.47 Å². The number of carbonyl (C=O) groups excluding carboxylic acids is 1. The number of aryl methyl sites for hydroxylation is 2. The van der Waals surface area contributed by atoms with E-state index in [1.54, 1.807) is 36.1 Å². The van der Waals surface area contributed by atoms with Crippen molar-refractivity contribution >= 4 is 27.3 Å². The normalized spacial score (nSPS) is 13.8. The van der Waals surface area contributed by atoms with Gasteiger partial charge in [0.15, 0.2) is 0 Å². The summed E-state index contributed by atoms with van der Waals surface area (Å²) in [5.74, 6) is 0.451. The third kappa shape index (κ3) is 4.13. The highest BCUT2D eigenvalue weighted by Crippen LogP contribution is 2.31. The van der Waals surface area contributed by atoms with Gasteiger partial charge in [-0.2, -0.15) is 0 Å². The second-order valence-electron chi connectivity index (χ2n) is 6.66. The maximum absolute atomic E-state index is 12.9. The molecule has 0 saturated carbocycles. The molecule has 0 aromatic heterocycles. The summed E-state index contributed by atoms with van der Waals surface area (Å²) in [6.07, 6.45) is 1.70. The predicted octanol–water partition coefficient (Wildman–Crippen LogP) is 2.73. The second kappa shape index (κ2) is 8.20. The van der Waals surface area contributed by atoms with E-state index in [1.807, 2.05) is 6.07 Å². The first-order chi connectivity index (χ1) is 13.4. The molecule has 0 unspecified atom stereocenters. The van der Waals surface area contributed by atoms with Gasteiger partial charge < -0.3 is 14.4 Å². The van der Waals surface area contributed by atoms with Gasteiger partial charge in [0.2, 0.25) is 0 Å². The van der Waals surface area contributed by atoms with Crippen LogP contribution >= 0.6 is 0 Å². The third-order valence-corrected chi connectivity index (χ3v) is 6.24. The number of ether oxygens (including phenoxy) is 2. The average molecular weight is 404 g/mol. The molecular weight excluding hydrogens is 380 g/mol. The number of nitrogens with zero attached hydrogens (tertiary/aromatic N) is 1. The molecule has 150 valence electrons. The Kier molecular flexibility index (Phi) is 5.90. The maximum Gasteiger partial charge on any atom is 0.262 e. The van der Waals surface area contributed by atoms with Crippen LogP contribution in [0.25, 0.3) is 0 Å². The van der Waals surface area contributed by atoms with E-state index in [2.05, 4.69) is 4.72 Å². The standard InChI is InChI=1S/C20H24N2O5S/c1-14-11-17(27-3)8-9-19(14)28(24,25)21-16-7-6-15-5-4-10-22(18(15)12-16)20(23)13-26-2/h6-9,11-12,21H,4-5,10,13H2,1-3H3. The highest BCUT2D eigenvalue weighted by atomic mass is 32.2. The zero-order chi connectivity index (χ0) is 20.3. The fourth-order valence-corrected chi connectivity index (χ4v) is 4.64. The Balaban J connectivity index is 1.91. The van der Waals surface area contributed by atoms with E-state index >= 15 is 0 Å². The molecule has 1 amide bonds. The van der Waals surface area contributed by atoms with Gasteiger partial charge in [0.1, 0.15) is 12.4 Å². The summed E-state index contributed by atoms with van der Waals surface area (Å²) < 4.78 is 38.4. The van der Waals surface area contributed by atoms with Crippen LogP contribution in [0, 0.1) is 6.92 Å². The molecule has 2 aromatic rings. The van der Waals surface area contributed by atoms with Gasteiger partial charge >= 0.3 is 0 Å². The highest BCUT2D eigenvalue weighted by Gasteiger charge is 2.24. The van der Waals surface area contributed by atoms with Gasteiger partial charge in [0, 0.05) is 19.3 Å². The maximum atomic E-state index is 12.9. The second-order valence-corrected chi connectivity index (χ2v) is 8.31. The summed E-state index contributed by atoms with van der Waals surface area (Å²) in [6, 6.07) is 10.1. The van der Waals surface area contributed by atoms with Crippen LogP contribution in [0.5, 0.6) is 5.75 Å². The van der Waals surface area contributed by atoms with Crippen molar-refractivity contribution in [2.24, 2.45) is 0 Å². The van der Waals surface area contributed by atoms with Crippen LogP contribution in [0.15, 0.2) is 41.3 Å². The van der Waals surface area contributed by atoms with Crippen molar-refractivity contribution in [3.8, 4) is 5.75 Å². The molecule has 0 saturated heterocycles. The van der Waals surface area contributed by atoms with E-state index in [1.165, 1.54) is 20.3 Å². The van der Waals surface area contributed by atoms with Crippen LogP contribution < -0.4 is 14.4 Å². The highest BCUT2D eigenvalue weighted by molar-refractivity contribution is 7.92. The Morgan fingerprint density at radius 2 is 1.96 bits per heavy atom. The van der Waals surface area contributed by atoms with Crippen LogP contribution in [0.1, 0.15) is 17.5 Å². The van der Waals surface area contributed by atoms with E-state index in [9.17, 15) is 13.2 Å². The summed E-state index contributed by atoms with van der Waals surface area (Å²) in [5.41, 5.74) is 2.73. The molecule has 1 aliphatic rings. The lowest BCUT2D eigenvalue weighted by atomic mass is 10.0. The van der Waals surface area contributed by atoms with E-state index in [0.29, 0.717) is 23.5 Å². The zero-order valence-corrected chi connectivity index (χ0v) is 17.0. The first-order valence-electron chi connectivity index (χ1n) is 8.95. The van der Waals surface area contributed by atoms with Crippen molar-refractivity contribution in [3.05, 3.63) is 47.5 Å². The molecule has 0 aliphatic carbocycles. The Hall–Kier alpha value is -2.58. The van der Waals surface area contributed by atoms with Crippen LogP contribution in [0.2, 0.25) is 0 Å². The van der Waals surface area contributed by atoms with Gasteiger partial charge in [-0.05, 0) is 61.2 Å². The van der Waals surface area contributed by atoms with Crippen molar-refractivity contribution in [1.82, 2.24) is 0 Å². The molecule has 0 radical (unpaired) electrons. The number of hydrogen-bond donors (Lipinski definition) is 1. The van der Waals surface area contributed by atoms with Gasteiger partial charge in [-0.25, -0.2) is 8.42 Å². The number of sulfonamides is 1. The first kappa shape index (κ1) is 20.2. The van der Waals surface area contributed by atoms with Crippen molar-refractivity contribution < 1.29 is 22.7 Å². The third-order valence-electron chi connectivity index (χ3n) is 4.70. The lowest BCUT2D eigenvalue weighted by Crippen LogP contribution is -2.37. The number of carbonyl (C=O) groups is 1. The Bertz CT molecular complexity index is 988. The fourth-order valence-electron chi connectivity index (χ4n) is 3.36. The summed E-state index contributed by atoms with van der Waals surface area (Å²) in [5, 5.41) is 0. The van der Waals surface area contributed by atoms with E-state index < -0.39 is 10.0 Å². The molecule has 1 N–H and O–H groups in total. The number of methoxy groups -OCH3 is 2. The smallest absolute Gasteiger partial charge is 0.262 e. The minimum atomic E-state index is -3.78. The van der Waals surface area contributed by atoms with Crippen LogP contribution in [-0.4, -0.2) is 41.7 Å². The molecule has 8 heteroatoms. The van der Waals surface area contributed by atoms with E-state index in [0.717, 1.165) is 24.1 Å². The molecule has 1 heterocycles. The van der Waals surface area contributed by atoms with Gasteiger partial charge in [0.05, 0.1) is 17.7 Å². The quantitative estimate of drug-likeness (QED) is 0.800. The molecular formula is C20H24N2O5S. The number of amides is 1. The van der Waals surface area contributed by atoms with Crippen LogP contribution in [0.3, 0.4) is 0 Å². The van der Waals surface area contributed by atoms with E-state index in [-0.39, 0.29) is 17.4 Å². The molecule has 28 heavy (non-hydrogen) atoms. The Morgan fingerprint density at radius 1 is 1.18 bits per heavy atom. The van der Waals surface area contributed by atoms with Crippen molar-refractivity contribution in [2.45, 2.75) is 24.7 Å². The monoisotopic (exact) mass is 404 g/mol. The largest absolute Gasteiger partial charge is 0.497 e. The van der Waals surface area contributed by atoms with Crippen molar-refractivity contribution in [3.63, 3.8) is 0 Å². The Morgan fingerprint density at radius 3 is 2.64 bits per heavy atom. The summed E-state index contributed by atoms with van der Waals surface area (Å²) in [6.45, 7) is 2.29. The SMILES string of the molecule is COCC(=O)N1CCCc2ccc(NS(=O)(=O)c3ccc(OC)cc3C)cc21. The lowest BCUT2D eigenvalue weighted by Gasteiger charge is -2.30. The number of hydrogen-bond acceptors (Lipinski definition) is 5. The minimum Gasteiger partial charge on any atom is -0.497 e. The Labute approximate surface area is 165 Å². The van der Waals surface area contributed by atoms with Gasteiger partial charge in [-0.3, -0.25) is 9.52 Å².